The molecule has 0 spiro atoms. The highest BCUT2D eigenvalue weighted by molar-refractivity contribution is 5.06. The summed E-state index contributed by atoms with van der Waals surface area (Å²) in [5.41, 5.74) is 6.58. The molecule has 0 saturated heterocycles. The van der Waals surface area contributed by atoms with Crippen LogP contribution in [-0.2, 0) is 0 Å². The van der Waals surface area contributed by atoms with Crippen molar-refractivity contribution < 1.29 is 0 Å². The first-order chi connectivity index (χ1) is 8.98. The molecule has 0 aromatic carbocycles. The van der Waals surface area contributed by atoms with Gasteiger partial charge in [0.05, 0.1) is 0 Å². The number of hydrogen-bond acceptors (Lipinski definition) is 2. The van der Waals surface area contributed by atoms with Crippen LogP contribution in [0.2, 0.25) is 0 Å². The second-order valence-electron chi connectivity index (χ2n) is 7.83. The van der Waals surface area contributed by atoms with E-state index in [1.54, 1.807) is 0 Å². The summed E-state index contributed by atoms with van der Waals surface area (Å²) in [7, 11) is 0. The van der Waals surface area contributed by atoms with Crippen LogP contribution >= 0.6 is 0 Å². The summed E-state index contributed by atoms with van der Waals surface area (Å²) in [4.78, 5) is 2.84. The second-order valence-corrected chi connectivity index (χ2v) is 7.83. The van der Waals surface area contributed by atoms with Gasteiger partial charge < -0.3 is 5.73 Å². The molecule has 0 bridgehead atoms. The average Bonchev–Trinajstić information content (AvgIpc) is 2.78. The topological polar surface area (TPSA) is 29.3 Å². The largest absolute Gasteiger partial charge is 0.329 e. The lowest BCUT2D eigenvalue weighted by molar-refractivity contribution is -0.0640. The highest BCUT2D eigenvalue weighted by Gasteiger charge is 2.50. The molecule has 2 heteroatoms. The van der Waals surface area contributed by atoms with E-state index in [-0.39, 0.29) is 0 Å². The van der Waals surface area contributed by atoms with Gasteiger partial charge in [0, 0.05) is 24.7 Å². The maximum Gasteiger partial charge on any atom is 0.0340 e. The van der Waals surface area contributed by atoms with Crippen molar-refractivity contribution in [2.45, 2.75) is 77.8 Å². The Bertz CT molecular complexity index is 273. The van der Waals surface area contributed by atoms with Gasteiger partial charge >= 0.3 is 0 Å². The van der Waals surface area contributed by atoms with Crippen LogP contribution in [-0.4, -0.2) is 29.6 Å². The second kappa shape index (κ2) is 6.13. The molecule has 2 fully saturated rings. The van der Waals surface area contributed by atoms with Crippen molar-refractivity contribution in [1.82, 2.24) is 4.90 Å². The Kier molecular flexibility index (Phi) is 4.94. The Labute approximate surface area is 120 Å². The van der Waals surface area contributed by atoms with Crippen molar-refractivity contribution in [2.75, 3.05) is 13.1 Å². The Morgan fingerprint density at radius 1 is 1.11 bits per heavy atom. The van der Waals surface area contributed by atoms with E-state index >= 15 is 0 Å². The first-order valence-electron chi connectivity index (χ1n) is 8.45. The Morgan fingerprint density at radius 2 is 1.68 bits per heavy atom. The van der Waals surface area contributed by atoms with Gasteiger partial charge in [-0.05, 0) is 43.4 Å². The lowest BCUT2D eigenvalue weighted by atomic mass is 9.62. The Balaban J connectivity index is 2.07. The molecule has 0 atom stereocenters. The summed E-state index contributed by atoms with van der Waals surface area (Å²) in [6.07, 6.45) is 8.33. The van der Waals surface area contributed by atoms with E-state index < -0.39 is 0 Å². The summed E-state index contributed by atoms with van der Waals surface area (Å²) in [6, 6.07) is 0.819. The maximum atomic E-state index is 6.23. The number of rotatable bonds is 6. The first kappa shape index (κ1) is 15.3. The van der Waals surface area contributed by atoms with Crippen LogP contribution in [0.3, 0.4) is 0 Å². The standard InChI is InChI=1S/C17H34N2/c1-13(2)11-19(16-7-5-6-8-16)17(12-18)9-15(10-17)14(3)4/h13-16H,5-12,18H2,1-4H3. The fourth-order valence-corrected chi connectivity index (χ4v) is 4.25. The smallest absolute Gasteiger partial charge is 0.0340 e. The molecule has 0 aromatic rings. The molecular formula is C17H34N2. The van der Waals surface area contributed by atoms with E-state index in [1.807, 2.05) is 0 Å². The molecule has 112 valence electrons. The SMILES string of the molecule is CC(C)CN(C1CCCC1)C1(CN)CC(C(C)C)C1. The third kappa shape index (κ3) is 3.16. The summed E-state index contributed by atoms with van der Waals surface area (Å²) < 4.78 is 0. The van der Waals surface area contributed by atoms with E-state index in [4.69, 9.17) is 5.73 Å². The van der Waals surface area contributed by atoms with E-state index in [1.165, 1.54) is 45.1 Å². The number of nitrogens with two attached hydrogens (primary N) is 1. The van der Waals surface area contributed by atoms with Gasteiger partial charge in [0.1, 0.15) is 0 Å². The zero-order valence-corrected chi connectivity index (χ0v) is 13.5. The fourth-order valence-electron chi connectivity index (χ4n) is 4.25. The van der Waals surface area contributed by atoms with Gasteiger partial charge in [-0.15, -0.1) is 0 Å². The van der Waals surface area contributed by atoms with Gasteiger partial charge in [-0.1, -0.05) is 40.5 Å². The van der Waals surface area contributed by atoms with Gasteiger partial charge in [0.15, 0.2) is 0 Å². The predicted octanol–water partition coefficient (Wildman–Crippen LogP) is 3.65. The van der Waals surface area contributed by atoms with Crippen molar-refractivity contribution in [3.63, 3.8) is 0 Å². The first-order valence-corrected chi connectivity index (χ1v) is 8.45. The van der Waals surface area contributed by atoms with Crippen LogP contribution in [0, 0.1) is 17.8 Å². The minimum atomic E-state index is 0.341. The fraction of sp³-hybridized carbons (Fsp3) is 1.00. The molecule has 0 radical (unpaired) electrons. The average molecular weight is 266 g/mol. The molecule has 2 rings (SSSR count). The highest BCUT2D eigenvalue weighted by atomic mass is 15.3. The minimum Gasteiger partial charge on any atom is -0.329 e. The summed E-state index contributed by atoms with van der Waals surface area (Å²) in [6.45, 7) is 11.5. The van der Waals surface area contributed by atoms with E-state index in [0.717, 1.165) is 30.3 Å². The summed E-state index contributed by atoms with van der Waals surface area (Å²) in [5, 5.41) is 0. The van der Waals surface area contributed by atoms with E-state index in [9.17, 15) is 0 Å². The van der Waals surface area contributed by atoms with Crippen molar-refractivity contribution in [2.24, 2.45) is 23.5 Å². The molecule has 0 heterocycles. The molecule has 19 heavy (non-hydrogen) atoms. The van der Waals surface area contributed by atoms with Crippen LogP contribution in [0.15, 0.2) is 0 Å². The van der Waals surface area contributed by atoms with Crippen LogP contribution in [0.4, 0.5) is 0 Å². The molecule has 0 aliphatic heterocycles. The molecule has 2 N–H and O–H groups in total. The Morgan fingerprint density at radius 3 is 2.11 bits per heavy atom. The number of hydrogen-bond donors (Lipinski definition) is 1. The highest BCUT2D eigenvalue weighted by Crippen LogP contribution is 2.48. The Hall–Kier alpha value is -0.0800. The third-order valence-electron chi connectivity index (χ3n) is 5.54. The zero-order valence-electron chi connectivity index (χ0n) is 13.5. The monoisotopic (exact) mass is 266 g/mol. The van der Waals surface area contributed by atoms with Crippen molar-refractivity contribution in [3.8, 4) is 0 Å². The number of nitrogens with zero attached hydrogens (tertiary/aromatic N) is 1. The van der Waals surface area contributed by atoms with Gasteiger partial charge in [-0.25, -0.2) is 0 Å². The van der Waals surface area contributed by atoms with Gasteiger partial charge in [0.2, 0.25) is 0 Å². The molecule has 2 saturated carbocycles. The van der Waals surface area contributed by atoms with Crippen LogP contribution < -0.4 is 5.73 Å². The quantitative estimate of drug-likeness (QED) is 0.795. The lowest BCUT2D eigenvalue weighted by Crippen LogP contribution is -2.65. The molecule has 0 aromatic heterocycles. The van der Waals surface area contributed by atoms with E-state index in [2.05, 4.69) is 32.6 Å². The molecule has 0 amide bonds. The van der Waals surface area contributed by atoms with Crippen molar-refractivity contribution in [1.29, 1.82) is 0 Å². The van der Waals surface area contributed by atoms with Crippen molar-refractivity contribution in [3.05, 3.63) is 0 Å². The molecule has 2 aliphatic rings. The molecule has 2 aliphatic carbocycles. The summed E-state index contributed by atoms with van der Waals surface area (Å²) >= 11 is 0. The van der Waals surface area contributed by atoms with Gasteiger partial charge in [0.25, 0.3) is 0 Å². The normalized spacial score (nSPS) is 32.5. The molecular weight excluding hydrogens is 232 g/mol. The van der Waals surface area contributed by atoms with Crippen LogP contribution in [0.5, 0.6) is 0 Å². The van der Waals surface area contributed by atoms with Crippen LogP contribution in [0.1, 0.15) is 66.2 Å². The van der Waals surface area contributed by atoms with Crippen molar-refractivity contribution >= 4 is 0 Å². The van der Waals surface area contributed by atoms with E-state index in [0.29, 0.717) is 5.54 Å². The predicted molar refractivity (Wildman–Crippen MR) is 83.1 cm³/mol. The lowest BCUT2D eigenvalue weighted by Gasteiger charge is -2.58. The van der Waals surface area contributed by atoms with Gasteiger partial charge in [-0.2, -0.15) is 0 Å². The van der Waals surface area contributed by atoms with Gasteiger partial charge in [-0.3, -0.25) is 4.90 Å². The molecule has 0 unspecified atom stereocenters. The minimum absolute atomic E-state index is 0.341. The maximum absolute atomic E-state index is 6.23. The van der Waals surface area contributed by atoms with Crippen LogP contribution in [0.25, 0.3) is 0 Å². The third-order valence-corrected chi connectivity index (χ3v) is 5.54. The zero-order chi connectivity index (χ0) is 14.0. The molecule has 2 nitrogen and oxygen atoms in total. The summed E-state index contributed by atoms with van der Waals surface area (Å²) in [5.74, 6) is 2.48.